The molecule has 0 spiro atoms. The lowest BCUT2D eigenvalue weighted by molar-refractivity contribution is 0.0990. The van der Waals surface area contributed by atoms with Crippen LogP contribution in [0.2, 0.25) is 10.0 Å². The third-order valence-electron chi connectivity index (χ3n) is 3.80. The van der Waals surface area contributed by atoms with E-state index in [1.807, 2.05) is 0 Å². The predicted octanol–water partition coefficient (Wildman–Crippen LogP) is 1.77. The van der Waals surface area contributed by atoms with Gasteiger partial charge in [0.25, 0.3) is 5.91 Å². The molecule has 1 aromatic carbocycles. The summed E-state index contributed by atoms with van der Waals surface area (Å²) in [6.45, 7) is 0.373. The molecule has 1 amide bonds. The van der Waals surface area contributed by atoms with Crippen LogP contribution in [-0.4, -0.2) is 35.1 Å². The SMILES string of the molecule is NC(=O)c1ncc2c(n1)CN(S(=O)(=O)Cc1cc(Cl)cc(Cl)c1)CC2. The average molecular weight is 401 g/mol. The third kappa shape index (κ3) is 4.09. The summed E-state index contributed by atoms with van der Waals surface area (Å²) >= 11 is 11.9. The van der Waals surface area contributed by atoms with Gasteiger partial charge >= 0.3 is 0 Å². The molecule has 2 N–H and O–H groups in total. The zero-order valence-electron chi connectivity index (χ0n) is 12.9. The molecule has 2 heterocycles. The van der Waals surface area contributed by atoms with Crippen LogP contribution in [0.3, 0.4) is 0 Å². The number of carbonyl (C=O) groups excluding carboxylic acids is 1. The number of hydrogen-bond donors (Lipinski definition) is 1. The minimum absolute atomic E-state index is 0.0643. The zero-order chi connectivity index (χ0) is 18.2. The molecule has 10 heteroatoms. The Labute approximate surface area is 154 Å². The molecule has 1 aliphatic heterocycles. The molecule has 0 radical (unpaired) electrons. The highest BCUT2D eigenvalue weighted by Gasteiger charge is 2.28. The second-order valence-corrected chi connectivity index (χ2v) is 8.49. The summed E-state index contributed by atoms with van der Waals surface area (Å²) < 4.78 is 26.7. The lowest BCUT2D eigenvalue weighted by Crippen LogP contribution is -2.37. The van der Waals surface area contributed by atoms with E-state index in [-0.39, 0.29) is 18.1 Å². The van der Waals surface area contributed by atoms with Gasteiger partial charge in [0.1, 0.15) is 0 Å². The summed E-state index contributed by atoms with van der Waals surface area (Å²) in [5.74, 6) is -1.10. The summed E-state index contributed by atoms with van der Waals surface area (Å²) in [5.41, 5.74) is 6.98. The number of primary amides is 1. The molecular formula is C15H14Cl2N4O3S. The summed E-state index contributed by atoms with van der Waals surface area (Å²) in [7, 11) is -3.61. The van der Waals surface area contributed by atoms with Crippen molar-refractivity contribution < 1.29 is 13.2 Å². The second kappa shape index (κ2) is 6.87. The first-order chi connectivity index (χ1) is 11.7. The van der Waals surface area contributed by atoms with Gasteiger partial charge in [-0.2, -0.15) is 4.31 Å². The van der Waals surface area contributed by atoms with Gasteiger partial charge in [-0.3, -0.25) is 4.79 Å². The van der Waals surface area contributed by atoms with Gasteiger partial charge in [0.15, 0.2) is 0 Å². The molecule has 0 fully saturated rings. The van der Waals surface area contributed by atoms with Crippen LogP contribution in [0.1, 0.15) is 27.4 Å². The van der Waals surface area contributed by atoms with Crippen molar-refractivity contribution in [1.82, 2.24) is 14.3 Å². The number of halogens is 2. The topological polar surface area (TPSA) is 106 Å². The number of aromatic nitrogens is 2. The van der Waals surface area contributed by atoms with Crippen molar-refractivity contribution in [3.8, 4) is 0 Å². The normalized spacial score (nSPS) is 15.0. The number of nitrogens with zero attached hydrogens (tertiary/aromatic N) is 3. The molecule has 0 unspecified atom stereocenters. The summed E-state index contributed by atoms with van der Waals surface area (Å²) in [4.78, 5) is 19.2. The standard InChI is InChI=1S/C15H14Cl2N4O3S/c16-11-3-9(4-12(17)5-11)8-25(23,24)21-2-1-10-6-19-15(14(18)22)20-13(10)7-21/h3-6H,1-2,7-8H2,(H2,18,22). The van der Waals surface area contributed by atoms with Crippen LogP contribution in [-0.2, 0) is 28.7 Å². The van der Waals surface area contributed by atoms with Crippen molar-refractivity contribution in [2.45, 2.75) is 18.7 Å². The third-order valence-corrected chi connectivity index (χ3v) is 6.03. The van der Waals surface area contributed by atoms with E-state index in [4.69, 9.17) is 28.9 Å². The maximum atomic E-state index is 12.7. The highest BCUT2D eigenvalue weighted by molar-refractivity contribution is 7.88. The second-order valence-electron chi connectivity index (χ2n) is 5.65. The number of nitrogens with two attached hydrogens (primary N) is 1. The van der Waals surface area contributed by atoms with Crippen LogP contribution in [0, 0.1) is 0 Å². The van der Waals surface area contributed by atoms with Gasteiger partial charge in [0.2, 0.25) is 15.8 Å². The summed E-state index contributed by atoms with van der Waals surface area (Å²) in [6, 6.07) is 4.67. The molecule has 2 aromatic rings. The van der Waals surface area contributed by atoms with Crippen LogP contribution < -0.4 is 5.73 Å². The maximum absolute atomic E-state index is 12.7. The minimum Gasteiger partial charge on any atom is -0.363 e. The van der Waals surface area contributed by atoms with Gasteiger partial charge in [-0.15, -0.1) is 0 Å². The number of rotatable bonds is 4. The molecule has 1 aromatic heterocycles. The molecular weight excluding hydrogens is 387 g/mol. The van der Waals surface area contributed by atoms with E-state index in [2.05, 4.69) is 9.97 Å². The summed E-state index contributed by atoms with van der Waals surface area (Å²) in [6.07, 6.45) is 1.98. The number of benzene rings is 1. The van der Waals surface area contributed by atoms with Gasteiger partial charge in [0, 0.05) is 22.8 Å². The molecule has 3 rings (SSSR count). The smallest absolute Gasteiger partial charge is 0.286 e. The first-order valence-electron chi connectivity index (χ1n) is 7.32. The van der Waals surface area contributed by atoms with Gasteiger partial charge in [0.05, 0.1) is 18.0 Å². The number of hydrogen-bond acceptors (Lipinski definition) is 5. The van der Waals surface area contributed by atoms with Crippen LogP contribution in [0.4, 0.5) is 0 Å². The molecule has 0 saturated carbocycles. The lowest BCUT2D eigenvalue weighted by Gasteiger charge is -2.27. The average Bonchev–Trinajstić information content (AvgIpc) is 2.52. The highest BCUT2D eigenvalue weighted by Crippen LogP contribution is 2.24. The van der Waals surface area contributed by atoms with Crippen molar-refractivity contribution >= 4 is 39.1 Å². The zero-order valence-corrected chi connectivity index (χ0v) is 15.3. The van der Waals surface area contributed by atoms with Crippen LogP contribution in [0.15, 0.2) is 24.4 Å². The first kappa shape index (κ1) is 18.1. The Morgan fingerprint density at radius 1 is 1.24 bits per heavy atom. The Bertz CT molecular complexity index is 930. The number of amides is 1. The van der Waals surface area contributed by atoms with Gasteiger partial charge in [-0.05, 0) is 35.7 Å². The molecule has 1 aliphatic rings. The Morgan fingerprint density at radius 2 is 1.92 bits per heavy atom. The van der Waals surface area contributed by atoms with Crippen LogP contribution >= 0.6 is 23.2 Å². The molecule has 0 saturated heterocycles. The number of sulfonamides is 1. The molecule has 7 nitrogen and oxygen atoms in total. The van der Waals surface area contributed by atoms with Crippen LogP contribution in [0.5, 0.6) is 0 Å². The number of carbonyl (C=O) groups is 1. The fourth-order valence-electron chi connectivity index (χ4n) is 2.63. The molecule has 0 aliphatic carbocycles. The van der Waals surface area contributed by atoms with Crippen molar-refractivity contribution in [1.29, 1.82) is 0 Å². The van der Waals surface area contributed by atoms with E-state index in [1.54, 1.807) is 18.2 Å². The summed E-state index contributed by atoms with van der Waals surface area (Å²) in [5, 5.41) is 0.751. The highest BCUT2D eigenvalue weighted by atomic mass is 35.5. The van der Waals surface area contributed by atoms with Gasteiger partial charge in [-0.25, -0.2) is 18.4 Å². The first-order valence-corrected chi connectivity index (χ1v) is 9.68. The van der Waals surface area contributed by atoms with E-state index in [1.165, 1.54) is 10.5 Å². The maximum Gasteiger partial charge on any atom is 0.286 e. The Kier molecular flexibility index (Phi) is 4.97. The fourth-order valence-corrected chi connectivity index (χ4v) is 4.66. The Balaban J connectivity index is 1.84. The van der Waals surface area contributed by atoms with E-state index < -0.39 is 15.9 Å². The van der Waals surface area contributed by atoms with Crippen LogP contribution in [0.25, 0.3) is 0 Å². The lowest BCUT2D eigenvalue weighted by atomic mass is 10.1. The van der Waals surface area contributed by atoms with Crippen molar-refractivity contribution in [3.63, 3.8) is 0 Å². The van der Waals surface area contributed by atoms with Crippen molar-refractivity contribution in [2.75, 3.05) is 6.54 Å². The predicted molar refractivity (Wildman–Crippen MR) is 93.7 cm³/mol. The minimum atomic E-state index is -3.61. The quantitative estimate of drug-likeness (QED) is 0.841. The number of fused-ring (bicyclic) bond motifs is 1. The van der Waals surface area contributed by atoms with E-state index in [0.29, 0.717) is 34.3 Å². The Hall–Kier alpha value is -1.74. The van der Waals surface area contributed by atoms with E-state index in [9.17, 15) is 13.2 Å². The molecule has 25 heavy (non-hydrogen) atoms. The molecule has 132 valence electrons. The van der Waals surface area contributed by atoms with E-state index in [0.717, 1.165) is 5.56 Å². The van der Waals surface area contributed by atoms with E-state index >= 15 is 0 Å². The molecule has 0 atom stereocenters. The van der Waals surface area contributed by atoms with Gasteiger partial charge < -0.3 is 5.73 Å². The fraction of sp³-hybridized carbons (Fsp3) is 0.267. The van der Waals surface area contributed by atoms with Crippen molar-refractivity contribution in [3.05, 3.63) is 57.1 Å². The molecule has 0 bridgehead atoms. The largest absolute Gasteiger partial charge is 0.363 e. The monoisotopic (exact) mass is 400 g/mol. The Morgan fingerprint density at radius 3 is 2.56 bits per heavy atom. The van der Waals surface area contributed by atoms with Gasteiger partial charge in [-0.1, -0.05) is 23.2 Å². The van der Waals surface area contributed by atoms with Crippen molar-refractivity contribution in [2.24, 2.45) is 5.73 Å².